The molecule has 9 heteroatoms. The average Bonchev–Trinajstić information content (AvgIpc) is 2.65. The summed E-state index contributed by atoms with van der Waals surface area (Å²) in [5, 5.41) is 5.55. The maximum atomic E-state index is 12.7. The monoisotopic (exact) mass is 437 g/mol. The molecule has 2 aromatic rings. The molecule has 0 aromatic heterocycles. The molecule has 0 heterocycles. The first kappa shape index (κ1) is 22.9. The molecule has 0 fully saturated rings. The van der Waals surface area contributed by atoms with E-state index < -0.39 is 15.9 Å². The lowest BCUT2D eigenvalue weighted by atomic mass is 10.1. The summed E-state index contributed by atoms with van der Waals surface area (Å²) in [5.41, 5.74) is 1.46. The van der Waals surface area contributed by atoms with Crippen molar-refractivity contribution in [2.75, 3.05) is 12.4 Å². The molecule has 0 atom stereocenters. The van der Waals surface area contributed by atoms with E-state index in [0.717, 1.165) is 5.56 Å². The van der Waals surface area contributed by atoms with Crippen LogP contribution < -0.4 is 10.6 Å². The number of hydrogen-bond acceptors (Lipinski definition) is 4. The van der Waals surface area contributed by atoms with Crippen molar-refractivity contribution in [2.45, 2.75) is 38.3 Å². The van der Waals surface area contributed by atoms with Gasteiger partial charge in [-0.1, -0.05) is 23.7 Å². The van der Waals surface area contributed by atoms with Gasteiger partial charge in [0, 0.05) is 32.2 Å². The molecule has 0 spiro atoms. The highest BCUT2D eigenvalue weighted by molar-refractivity contribution is 7.89. The third-order valence-corrected chi connectivity index (χ3v) is 6.65. The number of carbonyl (C=O) groups excluding carboxylic acids is 2. The minimum absolute atomic E-state index is 0.00379. The molecule has 0 bridgehead atoms. The maximum absolute atomic E-state index is 12.7. The first-order valence-electron chi connectivity index (χ1n) is 8.94. The second-order valence-electron chi connectivity index (χ2n) is 6.82. The molecule has 0 aliphatic rings. The molecule has 2 N–H and O–H groups in total. The number of hydrogen-bond donors (Lipinski definition) is 2. The number of nitrogens with one attached hydrogen (secondary N) is 2. The van der Waals surface area contributed by atoms with E-state index in [4.69, 9.17) is 11.6 Å². The molecule has 29 heavy (non-hydrogen) atoms. The Morgan fingerprint density at radius 2 is 1.83 bits per heavy atom. The molecule has 0 unspecified atom stereocenters. The lowest BCUT2D eigenvalue weighted by Gasteiger charge is -2.21. The topological polar surface area (TPSA) is 95.6 Å². The van der Waals surface area contributed by atoms with Crippen molar-refractivity contribution in [3.05, 3.63) is 58.6 Å². The van der Waals surface area contributed by atoms with Crippen LogP contribution in [0.25, 0.3) is 0 Å². The number of benzene rings is 2. The Morgan fingerprint density at radius 1 is 1.14 bits per heavy atom. The second-order valence-corrected chi connectivity index (χ2v) is 9.23. The standard InChI is InChI=1S/C20H24ClN3O4S/c1-13(2)24(4)29(27,28)17-8-9-19(21)18(11-17)20(26)22-12-15-6-5-7-16(10-15)23-14(3)25/h5-11,13H,12H2,1-4H3,(H,22,26)(H,23,25). The van der Waals surface area contributed by atoms with Gasteiger partial charge >= 0.3 is 0 Å². The molecular weight excluding hydrogens is 414 g/mol. The van der Waals surface area contributed by atoms with E-state index in [-0.39, 0.29) is 34.0 Å². The van der Waals surface area contributed by atoms with Crippen LogP contribution in [0.5, 0.6) is 0 Å². The summed E-state index contributed by atoms with van der Waals surface area (Å²) in [5.74, 6) is -0.688. The number of carbonyl (C=O) groups is 2. The molecule has 0 saturated heterocycles. The predicted molar refractivity (Wildman–Crippen MR) is 113 cm³/mol. The minimum Gasteiger partial charge on any atom is -0.348 e. The van der Waals surface area contributed by atoms with Gasteiger partial charge in [-0.05, 0) is 49.7 Å². The Labute approximate surface area is 176 Å². The van der Waals surface area contributed by atoms with Gasteiger partial charge in [0.1, 0.15) is 0 Å². The van der Waals surface area contributed by atoms with Crippen LogP contribution in [0.3, 0.4) is 0 Å². The number of anilines is 1. The highest BCUT2D eigenvalue weighted by Gasteiger charge is 2.25. The van der Waals surface area contributed by atoms with Crippen LogP contribution in [0.1, 0.15) is 36.7 Å². The molecule has 0 aliphatic carbocycles. The number of halogens is 1. The van der Waals surface area contributed by atoms with Crippen LogP contribution in [0.2, 0.25) is 5.02 Å². The molecule has 0 saturated carbocycles. The summed E-state index contributed by atoms with van der Waals surface area (Å²) in [7, 11) is -2.26. The zero-order valence-electron chi connectivity index (χ0n) is 16.7. The average molecular weight is 438 g/mol. The second kappa shape index (κ2) is 9.39. The molecule has 2 aromatic carbocycles. The summed E-state index contributed by atoms with van der Waals surface area (Å²) < 4.78 is 26.6. The van der Waals surface area contributed by atoms with Crippen LogP contribution >= 0.6 is 11.6 Å². The smallest absolute Gasteiger partial charge is 0.253 e. The van der Waals surface area contributed by atoms with E-state index in [1.54, 1.807) is 38.1 Å². The molecule has 7 nitrogen and oxygen atoms in total. The predicted octanol–water partition coefficient (Wildman–Crippen LogP) is 3.26. The van der Waals surface area contributed by atoms with Gasteiger partial charge in [0.25, 0.3) is 5.91 Å². The number of sulfonamides is 1. The van der Waals surface area contributed by atoms with Gasteiger partial charge in [-0.15, -0.1) is 0 Å². The van der Waals surface area contributed by atoms with E-state index in [1.165, 1.54) is 36.5 Å². The quantitative estimate of drug-likeness (QED) is 0.694. The highest BCUT2D eigenvalue weighted by atomic mass is 35.5. The Kier molecular flexibility index (Phi) is 7.40. The van der Waals surface area contributed by atoms with Crippen molar-refractivity contribution in [1.29, 1.82) is 0 Å². The van der Waals surface area contributed by atoms with Gasteiger partial charge in [0.05, 0.1) is 15.5 Å². The van der Waals surface area contributed by atoms with E-state index >= 15 is 0 Å². The summed E-state index contributed by atoms with van der Waals surface area (Å²) >= 11 is 6.13. The zero-order chi connectivity index (χ0) is 21.8. The summed E-state index contributed by atoms with van der Waals surface area (Å²) in [6.07, 6.45) is 0. The first-order valence-corrected chi connectivity index (χ1v) is 10.8. The summed E-state index contributed by atoms with van der Waals surface area (Å²) in [4.78, 5) is 23.8. The number of nitrogens with zero attached hydrogens (tertiary/aromatic N) is 1. The molecule has 156 valence electrons. The van der Waals surface area contributed by atoms with Crippen LogP contribution in [-0.2, 0) is 21.4 Å². The SMILES string of the molecule is CC(=O)Nc1cccc(CNC(=O)c2cc(S(=O)(=O)N(C)C(C)C)ccc2Cl)c1. The molecule has 0 radical (unpaired) electrons. The molecule has 2 rings (SSSR count). The van der Waals surface area contributed by atoms with Crippen molar-refractivity contribution < 1.29 is 18.0 Å². The normalized spacial score (nSPS) is 11.6. The minimum atomic E-state index is -3.74. The summed E-state index contributed by atoms with van der Waals surface area (Å²) in [6, 6.07) is 10.9. The Balaban J connectivity index is 2.20. The van der Waals surface area contributed by atoms with Gasteiger partial charge in [0.2, 0.25) is 15.9 Å². The van der Waals surface area contributed by atoms with Crippen molar-refractivity contribution in [2.24, 2.45) is 0 Å². The third-order valence-electron chi connectivity index (χ3n) is 4.29. The first-order chi connectivity index (χ1) is 13.5. The van der Waals surface area contributed by atoms with Crippen LogP contribution in [0.4, 0.5) is 5.69 Å². The van der Waals surface area contributed by atoms with E-state index in [2.05, 4.69) is 10.6 Å². The van der Waals surface area contributed by atoms with E-state index in [0.29, 0.717) is 5.69 Å². The van der Waals surface area contributed by atoms with Crippen LogP contribution in [0.15, 0.2) is 47.4 Å². The highest BCUT2D eigenvalue weighted by Crippen LogP contribution is 2.23. The number of amides is 2. The Bertz CT molecular complexity index is 1020. The van der Waals surface area contributed by atoms with Crippen LogP contribution in [-0.4, -0.2) is 37.6 Å². The maximum Gasteiger partial charge on any atom is 0.253 e. The van der Waals surface area contributed by atoms with Gasteiger partial charge in [-0.3, -0.25) is 9.59 Å². The molecular formula is C20H24ClN3O4S. The zero-order valence-corrected chi connectivity index (χ0v) is 18.3. The largest absolute Gasteiger partial charge is 0.348 e. The van der Waals surface area contributed by atoms with Crippen molar-refractivity contribution in [3.63, 3.8) is 0 Å². The van der Waals surface area contributed by atoms with Gasteiger partial charge in [-0.25, -0.2) is 8.42 Å². The van der Waals surface area contributed by atoms with Gasteiger partial charge in [-0.2, -0.15) is 4.31 Å². The number of rotatable bonds is 7. The van der Waals surface area contributed by atoms with Gasteiger partial charge < -0.3 is 10.6 Å². The molecule has 0 aliphatic heterocycles. The van der Waals surface area contributed by atoms with Gasteiger partial charge in [0.15, 0.2) is 0 Å². The van der Waals surface area contributed by atoms with E-state index in [1.807, 2.05) is 0 Å². The van der Waals surface area contributed by atoms with Crippen molar-refractivity contribution in [1.82, 2.24) is 9.62 Å². The lowest BCUT2D eigenvalue weighted by Crippen LogP contribution is -2.33. The third kappa shape index (κ3) is 5.79. The molecule has 2 amide bonds. The van der Waals surface area contributed by atoms with Crippen LogP contribution in [0, 0.1) is 0 Å². The summed E-state index contributed by atoms with van der Waals surface area (Å²) in [6.45, 7) is 5.12. The van der Waals surface area contributed by atoms with E-state index in [9.17, 15) is 18.0 Å². The van der Waals surface area contributed by atoms with Crippen molar-refractivity contribution in [3.8, 4) is 0 Å². The fourth-order valence-electron chi connectivity index (χ4n) is 2.52. The lowest BCUT2D eigenvalue weighted by molar-refractivity contribution is -0.114. The van der Waals surface area contributed by atoms with Crippen molar-refractivity contribution >= 4 is 39.1 Å². The Hall–Kier alpha value is -2.42. The fourth-order valence-corrected chi connectivity index (χ4v) is 4.12. The Morgan fingerprint density at radius 3 is 2.45 bits per heavy atom. The fraction of sp³-hybridized carbons (Fsp3) is 0.300.